The number of nitro groups is 1. The van der Waals surface area contributed by atoms with Crippen molar-refractivity contribution >= 4 is 11.4 Å². The third kappa shape index (κ3) is 9.76. The fraction of sp³-hybridized carbons (Fsp3) is 0.143. The minimum absolute atomic E-state index is 0.0171. The van der Waals surface area contributed by atoms with Gasteiger partial charge in [0.2, 0.25) is 0 Å². The van der Waals surface area contributed by atoms with Gasteiger partial charge >= 0.3 is 0 Å². The Labute approximate surface area is 240 Å². The van der Waals surface area contributed by atoms with E-state index in [0.717, 1.165) is 33.9 Å². The first kappa shape index (κ1) is 33.1. The van der Waals surface area contributed by atoms with Crippen molar-refractivity contribution in [3.63, 3.8) is 0 Å². The predicted octanol–water partition coefficient (Wildman–Crippen LogP) is 9.77. The van der Waals surface area contributed by atoms with Crippen LogP contribution in [-0.4, -0.2) is 12.0 Å². The van der Waals surface area contributed by atoms with Crippen molar-refractivity contribution in [3.05, 3.63) is 169 Å². The Kier molecular flexibility index (Phi) is 15.2. The van der Waals surface area contributed by atoms with Crippen molar-refractivity contribution in [1.82, 2.24) is 0 Å². The van der Waals surface area contributed by atoms with Crippen LogP contribution >= 0.6 is 0 Å². The second-order valence-corrected chi connectivity index (χ2v) is 8.08. The molecule has 0 radical (unpaired) electrons. The molecule has 0 atom stereocenters. The van der Waals surface area contributed by atoms with Gasteiger partial charge in [-0.3, -0.25) is 10.1 Å². The van der Waals surface area contributed by atoms with Crippen LogP contribution in [-0.2, 0) is 0 Å². The second kappa shape index (κ2) is 18.4. The van der Waals surface area contributed by atoms with Crippen LogP contribution in [0, 0.1) is 10.1 Å². The molecule has 40 heavy (non-hydrogen) atoms. The molecule has 2 aromatic carbocycles. The SMILES string of the molecule is C=C/C=C(\C=C)N(/C(C=C)=C/C=C\C)c1ccc(-c2ccc(N(C)/C=C/C(=C\C=C/C)[N+](=O)[O-])cc2)cc1.CC. The lowest BCUT2D eigenvalue weighted by molar-refractivity contribution is -0.419. The Bertz CT molecular complexity index is 1310. The monoisotopic (exact) mass is 535 g/mol. The lowest BCUT2D eigenvalue weighted by atomic mass is 10.0. The average Bonchev–Trinajstić information content (AvgIpc) is 2.99. The van der Waals surface area contributed by atoms with Crippen molar-refractivity contribution in [2.24, 2.45) is 0 Å². The van der Waals surface area contributed by atoms with Crippen LogP contribution in [0.5, 0.6) is 0 Å². The number of allylic oxidation sites excluding steroid dienone is 11. The van der Waals surface area contributed by atoms with Crippen LogP contribution in [0.25, 0.3) is 11.1 Å². The highest BCUT2D eigenvalue weighted by molar-refractivity contribution is 5.71. The highest BCUT2D eigenvalue weighted by Crippen LogP contribution is 2.30. The van der Waals surface area contributed by atoms with Gasteiger partial charge in [0, 0.05) is 48.2 Å². The molecule has 0 unspecified atom stereocenters. The van der Waals surface area contributed by atoms with E-state index >= 15 is 0 Å². The third-order valence-electron chi connectivity index (χ3n) is 5.56. The van der Waals surface area contributed by atoms with E-state index in [-0.39, 0.29) is 5.70 Å². The van der Waals surface area contributed by atoms with E-state index in [9.17, 15) is 10.1 Å². The summed E-state index contributed by atoms with van der Waals surface area (Å²) in [6.07, 6.45) is 21.2. The summed E-state index contributed by atoms with van der Waals surface area (Å²) in [6.45, 7) is 19.6. The molecule has 0 aromatic heterocycles. The first-order chi connectivity index (χ1) is 19.4. The summed E-state index contributed by atoms with van der Waals surface area (Å²) in [6, 6.07) is 16.3. The van der Waals surface area contributed by atoms with Crippen molar-refractivity contribution in [1.29, 1.82) is 0 Å². The summed E-state index contributed by atoms with van der Waals surface area (Å²) in [5.41, 5.74) is 5.80. The van der Waals surface area contributed by atoms with Gasteiger partial charge in [-0.25, -0.2) is 0 Å². The summed E-state index contributed by atoms with van der Waals surface area (Å²) in [4.78, 5) is 14.7. The first-order valence-electron chi connectivity index (χ1n) is 13.2. The van der Waals surface area contributed by atoms with Gasteiger partial charge in [-0.2, -0.15) is 0 Å². The normalized spacial score (nSPS) is 12.3. The van der Waals surface area contributed by atoms with Gasteiger partial charge in [0.15, 0.2) is 0 Å². The van der Waals surface area contributed by atoms with E-state index < -0.39 is 4.92 Å². The maximum absolute atomic E-state index is 11.2. The first-order valence-corrected chi connectivity index (χ1v) is 13.2. The second-order valence-electron chi connectivity index (χ2n) is 8.08. The standard InChI is InChI=1S/C33H35N3O2.C2H6/c1-7-12-15-30(11-5)35(29(10-4)14-9-3)32-23-19-28(20-24-32)27-17-21-31(22-18-27)34(6)26-25-33(36(37)38)16-13-8-2;1-2/h7-26H,3-5H2,1-2,6H3;1-2H3/b12-7-,13-8-,26-25+,29-14+,30-15+,33-16+;. The summed E-state index contributed by atoms with van der Waals surface area (Å²) < 4.78 is 0. The molecule has 0 bridgehead atoms. The van der Waals surface area contributed by atoms with Crippen LogP contribution in [0.3, 0.4) is 0 Å². The number of nitrogens with zero attached hydrogens (tertiary/aromatic N) is 3. The summed E-state index contributed by atoms with van der Waals surface area (Å²) in [5, 5.41) is 11.2. The van der Waals surface area contributed by atoms with Gasteiger partial charge in [-0.1, -0.05) is 88.2 Å². The van der Waals surface area contributed by atoms with Gasteiger partial charge in [0.1, 0.15) is 0 Å². The number of hydrogen-bond acceptors (Lipinski definition) is 4. The molecule has 0 amide bonds. The summed E-state index contributed by atoms with van der Waals surface area (Å²) in [5.74, 6) is 0. The van der Waals surface area contributed by atoms with Crippen molar-refractivity contribution in [3.8, 4) is 11.1 Å². The number of hydrogen-bond donors (Lipinski definition) is 0. The van der Waals surface area contributed by atoms with Crippen LogP contribution in [0.1, 0.15) is 27.7 Å². The van der Waals surface area contributed by atoms with Crippen LogP contribution in [0.4, 0.5) is 11.4 Å². The lowest BCUT2D eigenvalue weighted by Crippen LogP contribution is -2.19. The molecule has 0 aliphatic heterocycles. The Morgan fingerprint density at radius 2 is 1.25 bits per heavy atom. The maximum Gasteiger partial charge on any atom is 0.270 e. The third-order valence-corrected chi connectivity index (χ3v) is 5.56. The molecule has 0 aliphatic rings. The molecule has 2 aromatic rings. The molecule has 0 spiro atoms. The maximum atomic E-state index is 11.2. The fourth-order valence-corrected chi connectivity index (χ4v) is 3.57. The van der Waals surface area contributed by atoms with Crippen LogP contribution in [0.2, 0.25) is 0 Å². The molecule has 2 rings (SSSR count). The molecule has 5 nitrogen and oxygen atoms in total. The van der Waals surface area contributed by atoms with Gasteiger partial charge in [-0.15, -0.1) is 0 Å². The zero-order valence-electron chi connectivity index (χ0n) is 24.3. The van der Waals surface area contributed by atoms with Gasteiger partial charge in [-0.05, 0) is 73.5 Å². The number of benzene rings is 2. The van der Waals surface area contributed by atoms with Crippen LogP contribution < -0.4 is 9.80 Å². The van der Waals surface area contributed by atoms with Crippen molar-refractivity contribution in [2.75, 3.05) is 16.8 Å². The largest absolute Gasteiger partial charge is 0.351 e. The van der Waals surface area contributed by atoms with E-state index in [1.54, 1.807) is 30.5 Å². The molecule has 5 heteroatoms. The molecule has 0 fully saturated rings. The van der Waals surface area contributed by atoms with Gasteiger partial charge in [0.05, 0.1) is 4.92 Å². The summed E-state index contributed by atoms with van der Waals surface area (Å²) >= 11 is 0. The lowest BCUT2D eigenvalue weighted by Gasteiger charge is -2.27. The quantitative estimate of drug-likeness (QED) is 0.145. The molecule has 0 N–H and O–H groups in total. The Hall–Kier alpha value is -4.90. The average molecular weight is 536 g/mol. The molecular weight excluding hydrogens is 494 g/mol. The van der Waals surface area contributed by atoms with E-state index in [4.69, 9.17) is 0 Å². The zero-order valence-corrected chi connectivity index (χ0v) is 24.3. The molecule has 0 aliphatic carbocycles. The molecule has 0 saturated carbocycles. The zero-order chi connectivity index (χ0) is 29.9. The van der Waals surface area contributed by atoms with Crippen molar-refractivity contribution in [2.45, 2.75) is 27.7 Å². The van der Waals surface area contributed by atoms with E-state index in [1.165, 1.54) is 12.2 Å². The molecule has 0 saturated heterocycles. The van der Waals surface area contributed by atoms with Gasteiger partial charge in [0.25, 0.3) is 5.70 Å². The highest BCUT2D eigenvalue weighted by Gasteiger charge is 2.13. The molecular formula is C35H41N3O2. The Morgan fingerprint density at radius 3 is 1.70 bits per heavy atom. The fourth-order valence-electron chi connectivity index (χ4n) is 3.57. The highest BCUT2D eigenvalue weighted by atomic mass is 16.6. The van der Waals surface area contributed by atoms with Crippen LogP contribution in [0.15, 0.2) is 158 Å². The number of anilines is 2. The van der Waals surface area contributed by atoms with E-state index in [2.05, 4.69) is 48.9 Å². The predicted molar refractivity (Wildman–Crippen MR) is 175 cm³/mol. The summed E-state index contributed by atoms with van der Waals surface area (Å²) in [7, 11) is 1.86. The van der Waals surface area contributed by atoms with E-state index in [0.29, 0.717) is 0 Å². The minimum Gasteiger partial charge on any atom is -0.351 e. The Morgan fingerprint density at radius 1 is 0.775 bits per heavy atom. The Balaban J connectivity index is 0.00000391. The minimum atomic E-state index is -0.405. The number of rotatable bonds is 13. The topological polar surface area (TPSA) is 49.6 Å². The van der Waals surface area contributed by atoms with Crippen molar-refractivity contribution < 1.29 is 4.92 Å². The van der Waals surface area contributed by atoms with E-state index in [1.807, 2.05) is 94.3 Å². The molecule has 0 heterocycles. The molecule has 208 valence electrons. The smallest absolute Gasteiger partial charge is 0.270 e. The van der Waals surface area contributed by atoms with Gasteiger partial charge < -0.3 is 9.80 Å².